The molecule has 2 aromatic rings. The molecule has 0 bridgehead atoms. The number of benzene rings is 2. The van der Waals surface area contributed by atoms with E-state index in [2.05, 4.69) is 43.4 Å². The molecule has 0 aliphatic heterocycles. The highest BCUT2D eigenvalue weighted by atomic mass is 19.1. The molecule has 0 saturated heterocycles. The third-order valence-corrected chi connectivity index (χ3v) is 3.43. The molecule has 2 nitrogen and oxygen atoms in total. The quantitative estimate of drug-likeness (QED) is 0.831. The largest absolute Gasteiger partial charge is 0.367 e. The monoisotopic (exact) mass is 287 g/mol. The maximum atomic E-state index is 13.7. The van der Waals surface area contributed by atoms with Gasteiger partial charge in [0.1, 0.15) is 5.82 Å². The molecule has 1 atom stereocenters. The highest BCUT2D eigenvalue weighted by Gasteiger charge is 2.12. The van der Waals surface area contributed by atoms with Gasteiger partial charge >= 0.3 is 0 Å². The fraction of sp³-hybridized carbons (Fsp3) is 0.333. The minimum atomic E-state index is -0.219. The lowest BCUT2D eigenvalue weighted by Crippen LogP contribution is -2.23. The van der Waals surface area contributed by atoms with Crippen molar-refractivity contribution in [3.8, 4) is 0 Å². The highest BCUT2D eigenvalue weighted by molar-refractivity contribution is 5.24. The Kier molecular flexibility index (Phi) is 5.90. The van der Waals surface area contributed by atoms with Crippen molar-refractivity contribution in [2.24, 2.45) is 0 Å². The van der Waals surface area contributed by atoms with E-state index in [1.807, 2.05) is 6.07 Å². The fourth-order valence-corrected chi connectivity index (χ4v) is 2.14. The van der Waals surface area contributed by atoms with Gasteiger partial charge in [0.25, 0.3) is 0 Å². The predicted octanol–water partition coefficient (Wildman–Crippen LogP) is 4.00. The lowest BCUT2D eigenvalue weighted by molar-refractivity contribution is 0.0386. The predicted molar refractivity (Wildman–Crippen MR) is 83.7 cm³/mol. The maximum Gasteiger partial charge on any atom is 0.128 e. The third kappa shape index (κ3) is 4.66. The van der Waals surface area contributed by atoms with Crippen LogP contribution in [0.1, 0.15) is 29.7 Å². The summed E-state index contributed by atoms with van der Waals surface area (Å²) in [6, 6.07) is 15.0. The molecular formula is C18H22FNO. The van der Waals surface area contributed by atoms with Gasteiger partial charge < -0.3 is 10.1 Å². The van der Waals surface area contributed by atoms with Gasteiger partial charge in [0.15, 0.2) is 0 Å². The molecular weight excluding hydrogens is 265 g/mol. The van der Waals surface area contributed by atoms with Crippen LogP contribution in [0.3, 0.4) is 0 Å². The number of halogens is 1. The van der Waals surface area contributed by atoms with E-state index >= 15 is 0 Å². The normalized spacial score (nSPS) is 12.3. The van der Waals surface area contributed by atoms with Gasteiger partial charge in [-0.25, -0.2) is 4.39 Å². The van der Waals surface area contributed by atoms with Crippen LogP contribution in [0.15, 0.2) is 48.5 Å². The van der Waals surface area contributed by atoms with Gasteiger partial charge in [-0.2, -0.15) is 0 Å². The van der Waals surface area contributed by atoms with Crippen LogP contribution >= 0.6 is 0 Å². The van der Waals surface area contributed by atoms with Gasteiger partial charge in [-0.1, -0.05) is 55.0 Å². The first-order valence-corrected chi connectivity index (χ1v) is 7.33. The second-order valence-electron chi connectivity index (χ2n) is 5.11. The number of aryl methyl sites for hydroxylation is 1. The van der Waals surface area contributed by atoms with Gasteiger partial charge in [0.05, 0.1) is 12.7 Å². The lowest BCUT2D eigenvalue weighted by Gasteiger charge is -2.19. The van der Waals surface area contributed by atoms with E-state index in [0.717, 1.165) is 12.1 Å². The van der Waals surface area contributed by atoms with Gasteiger partial charge in [-0.15, -0.1) is 0 Å². The lowest BCUT2D eigenvalue weighted by atomic mass is 10.1. The van der Waals surface area contributed by atoms with Gasteiger partial charge in [-0.3, -0.25) is 0 Å². The van der Waals surface area contributed by atoms with Crippen LogP contribution in [0.5, 0.6) is 0 Å². The van der Waals surface area contributed by atoms with Gasteiger partial charge in [0, 0.05) is 12.1 Å². The summed E-state index contributed by atoms with van der Waals surface area (Å²) in [5.41, 5.74) is 2.92. The van der Waals surface area contributed by atoms with Crippen LogP contribution in [0.4, 0.5) is 4.39 Å². The van der Waals surface area contributed by atoms with E-state index in [4.69, 9.17) is 4.74 Å². The van der Waals surface area contributed by atoms with Gasteiger partial charge in [-0.05, 0) is 25.1 Å². The molecule has 0 fully saturated rings. The summed E-state index contributed by atoms with van der Waals surface area (Å²) >= 11 is 0. The second kappa shape index (κ2) is 7.91. The van der Waals surface area contributed by atoms with Crippen LogP contribution in [0, 0.1) is 12.7 Å². The molecule has 112 valence electrons. The number of hydrogen-bond donors (Lipinski definition) is 1. The molecule has 0 aliphatic carbocycles. The number of likely N-dealkylation sites (N-methyl/N-ethyl adjacent to an activating group) is 1. The standard InChI is InChI=1S/C18H22FNO/c1-3-20-12-18(15-10-8-14(2)9-11-15)21-13-16-6-4-5-7-17(16)19/h4-11,18,20H,3,12-13H2,1-2H3. The zero-order valence-corrected chi connectivity index (χ0v) is 12.6. The molecule has 0 spiro atoms. The first-order chi connectivity index (χ1) is 10.2. The Morgan fingerprint density at radius 1 is 1.10 bits per heavy atom. The summed E-state index contributed by atoms with van der Waals surface area (Å²) in [4.78, 5) is 0. The van der Waals surface area contributed by atoms with Crippen molar-refractivity contribution < 1.29 is 9.13 Å². The number of ether oxygens (including phenoxy) is 1. The van der Waals surface area contributed by atoms with E-state index in [1.54, 1.807) is 12.1 Å². The fourth-order valence-electron chi connectivity index (χ4n) is 2.14. The van der Waals surface area contributed by atoms with Crippen molar-refractivity contribution in [1.82, 2.24) is 5.32 Å². The van der Waals surface area contributed by atoms with Crippen LogP contribution < -0.4 is 5.32 Å². The van der Waals surface area contributed by atoms with Crippen LogP contribution in [-0.4, -0.2) is 13.1 Å². The Balaban J connectivity index is 2.06. The van der Waals surface area contributed by atoms with E-state index in [-0.39, 0.29) is 18.5 Å². The Morgan fingerprint density at radius 2 is 1.81 bits per heavy atom. The molecule has 0 radical (unpaired) electrons. The molecule has 0 aromatic heterocycles. The minimum absolute atomic E-state index is 0.0786. The zero-order chi connectivity index (χ0) is 15.1. The number of rotatable bonds is 7. The van der Waals surface area contributed by atoms with Crippen LogP contribution in [-0.2, 0) is 11.3 Å². The van der Waals surface area contributed by atoms with Crippen molar-refractivity contribution >= 4 is 0 Å². The topological polar surface area (TPSA) is 21.3 Å². The zero-order valence-electron chi connectivity index (χ0n) is 12.6. The Hall–Kier alpha value is -1.71. The van der Waals surface area contributed by atoms with Crippen LogP contribution in [0.2, 0.25) is 0 Å². The first-order valence-electron chi connectivity index (χ1n) is 7.33. The summed E-state index contributed by atoms with van der Waals surface area (Å²) in [6.07, 6.45) is -0.0786. The SMILES string of the molecule is CCNCC(OCc1ccccc1F)c1ccc(C)cc1. The smallest absolute Gasteiger partial charge is 0.128 e. The van der Waals surface area contributed by atoms with E-state index in [9.17, 15) is 4.39 Å². The Morgan fingerprint density at radius 3 is 2.48 bits per heavy atom. The molecule has 0 aliphatic rings. The molecule has 2 aromatic carbocycles. The van der Waals surface area contributed by atoms with Crippen LogP contribution in [0.25, 0.3) is 0 Å². The number of nitrogens with one attached hydrogen (secondary N) is 1. The second-order valence-corrected chi connectivity index (χ2v) is 5.11. The molecule has 0 heterocycles. The molecule has 21 heavy (non-hydrogen) atoms. The van der Waals surface area contributed by atoms with E-state index < -0.39 is 0 Å². The summed E-state index contributed by atoms with van der Waals surface area (Å²) < 4.78 is 19.6. The Bertz CT molecular complexity index is 553. The minimum Gasteiger partial charge on any atom is -0.367 e. The summed E-state index contributed by atoms with van der Waals surface area (Å²) in [7, 11) is 0. The van der Waals surface area contributed by atoms with Gasteiger partial charge in [0.2, 0.25) is 0 Å². The molecule has 3 heteroatoms. The van der Waals surface area contributed by atoms with E-state index in [0.29, 0.717) is 12.1 Å². The van der Waals surface area contributed by atoms with Crippen molar-refractivity contribution in [3.05, 3.63) is 71.0 Å². The highest BCUT2D eigenvalue weighted by Crippen LogP contribution is 2.20. The maximum absolute atomic E-state index is 13.7. The first kappa shape index (κ1) is 15.7. The molecule has 1 N–H and O–H groups in total. The number of hydrogen-bond acceptors (Lipinski definition) is 2. The average molecular weight is 287 g/mol. The van der Waals surface area contributed by atoms with Crippen molar-refractivity contribution in [3.63, 3.8) is 0 Å². The van der Waals surface area contributed by atoms with Crippen molar-refractivity contribution in [1.29, 1.82) is 0 Å². The summed E-state index contributed by atoms with van der Waals surface area (Å²) in [5, 5.41) is 3.29. The third-order valence-electron chi connectivity index (χ3n) is 3.43. The van der Waals surface area contributed by atoms with Crippen molar-refractivity contribution in [2.75, 3.05) is 13.1 Å². The summed E-state index contributed by atoms with van der Waals surface area (Å²) in [5.74, 6) is -0.219. The van der Waals surface area contributed by atoms with Crippen molar-refractivity contribution in [2.45, 2.75) is 26.6 Å². The molecule has 2 rings (SSSR count). The summed E-state index contributed by atoms with van der Waals surface area (Å²) in [6.45, 7) is 5.99. The molecule has 1 unspecified atom stereocenters. The molecule has 0 amide bonds. The van der Waals surface area contributed by atoms with E-state index in [1.165, 1.54) is 11.6 Å². The molecule has 0 saturated carbocycles. The Labute approximate surface area is 126 Å². The average Bonchev–Trinajstić information content (AvgIpc) is 2.50.